The first kappa shape index (κ1) is 11.5. The molecule has 1 aromatic carbocycles. The molecule has 0 amide bonds. The van der Waals surface area contributed by atoms with Crippen LogP contribution in [0.15, 0.2) is 45.3 Å². The van der Waals surface area contributed by atoms with E-state index < -0.39 is 0 Å². The van der Waals surface area contributed by atoms with Gasteiger partial charge in [-0.05, 0) is 40.8 Å². The van der Waals surface area contributed by atoms with E-state index in [1.807, 2.05) is 18.2 Å². The summed E-state index contributed by atoms with van der Waals surface area (Å²) >= 11 is 3.61. The van der Waals surface area contributed by atoms with Gasteiger partial charge in [0.25, 0.3) is 5.56 Å². The van der Waals surface area contributed by atoms with Crippen LogP contribution in [-0.2, 0) is 0 Å². The summed E-state index contributed by atoms with van der Waals surface area (Å²) < 4.78 is 1.04. The lowest BCUT2D eigenvalue weighted by molar-refractivity contribution is 0.936. The lowest BCUT2D eigenvalue weighted by Crippen LogP contribution is -2.05. The number of rotatable bonds is 2. The molecule has 0 aliphatic rings. The summed E-state index contributed by atoms with van der Waals surface area (Å²) in [6, 6.07) is 7.00. The SMILES string of the molecule is Nc1ccc(Sc2nccc(=O)[nH]2)c(I)c1. The second-order valence-corrected chi connectivity index (χ2v) is 5.22. The summed E-state index contributed by atoms with van der Waals surface area (Å²) in [5.41, 5.74) is 6.23. The van der Waals surface area contributed by atoms with Crippen LogP contribution in [0.2, 0.25) is 0 Å². The van der Waals surface area contributed by atoms with E-state index in [1.54, 1.807) is 0 Å². The lowest BCUT2D eigenvalue weighted by Gasteiger charge is -2.03. The number of anilines is 1. The molecule has 82 valence electrons. The molecule has 6 heteroatoms. The van der Waals surface area contributed by atoms with E-state index in [1.165, 1.54) is 24.0 Å². The Morgan fingerprint density at radius 2 is 2.19 bits per heavy atom. The van der Waals surface area contributed by atoms with E-state index in [0.29, 0.717) is 5.16 Å². The second-order valence-electron chi connectivity index (χ2n) is 3.03. The lowest BCUT2D eigenvalue weighted by atomic mass is 10.3. The maximum absolute atomic E-state index is 11.1. The molecule has 1 heterocycles. The minimum atomic E-state index is -0.150. The van der Waals surface area contributed by atoms with Crippen molar-refractivity contribution in [3.05, 3.63) is 44.4 Å². The molecule has 0 aliphatic carbocycles. The summed E-state index contributed by atoms with van der Waals surface area (Å²) in [7, 11) is 0. The van der Waals surface area contributed by atoms with Crippen molar-refractivity contribution in [2.75, 3.05) is 5.73 Å². The third kappa shape index (κ3) is 2.76. The molecule has 0 fully saturated rings. The van der Waals surface area contributed by atoms with Gasteiger partial charge in [-0.2, -0.15) is 0 Å². The molecule has 2 rings (SSSR count). The van der Waals surface area contributed by atoms with Gasteiger partial charge in [0.15, 0.2) is 5.16 Å². The normalized spacial score (nSPS) is 10.3. The van der Waals surface area contributed by atoms with Crippen molar-refractivity contribution in [2.45, 2.75) is 10.1 Å². The van der Waals surface area contributed by atoms with Gasteiger partial charge in [0, 0.05) is 26.4 Å². The molecular formula is C10H8IN3OS. The number of nitrogens with zero attached hydrogens (tertiary/aromatic N) is 1. The summed E-state index contributed by atoms with van der Waals surface area (Å²) in [6.07, 6.45) is 1.49. The molecule has 1 aromatic heterocycles. The summed E-state index contributed by atoms with van der Waals surface area (Å²) in [5, 5.41) is 0.579. The van der Waals surface area contributed by atoms with Gasteiger partial charge >= 0.3 is 0 Å². The van der Waals surface area contributed by atoms with E-state index in [4.69, 9.17) is 5.73 Å². The first-order valence-electron chi connectivity index (χ1n) is 4.43. The highest BCUT2D eigenvalue weighted by atomic mass is 127. The van der Waals surface area contributed by atoms with Crippen LogP contribution in [0.5, 0.6) is 0 Å². The Hall–Kier alpha value is -1.02. The highest BCUT2D eigenvalue weighted by Gasteiger charge is 2.04. The van der Waals surface area contributed by atoms with Gasteiger partial charge in [-0.25, -0.2) is 4.98 Å². The third-order valence-electron chi connectivity index (χ3n) is 1.81. The number of benzene rings is 1. The van der Waals surface area contributed by atoms with Crippen LogP contribution in [0.3, 0.4) is 0 Å². The predicted molar refractivity (Wildman–Crippen MR) is 72.6 cm³/mol. The number of nitrogen functional groups attached to an aromatic ring is 1. The molecule has 2 aromatic rings. The fourth-order valence-corrected chi connectivity index (χ4v) is 2.74. The summed E-state index contributed by atoms with van der Waals surface area (Å²) in [6.45, 7) is 0. The molecule has 0 saturated carbocycles. The van der Waals surface area contributed by atoms with Crippen molar-refractivity contribution in [1.82, 2.24) is 9.97 Å². The van der Waals surface area contributed by atoms with Crippen LogP contribution < -0.4 is 11.3 Å². The van der Waals surface area contributed by atoms with E-state index >= 15 is 0 Å². The predicted octanol–water partition coefficient (Wildman–Crippen LogP) is 2.11. The Balaban J connectivity index is 2.30. The van der Waals surface area contributed by atoms with Crippen LogP contribution in [0, 0.1) is 3.57 Å². The van der Waals surface area contributed by atoms with Crippen LogP contribution >= 0.6 is 34.4 Å². The van der Waals surface area contributed by atoms with Gasteiger partial charge in [-0.1, -0.05) is 11.8 Å². The maximum atomic E-state index is 11.1. The van der Waals surface area contributed by atoms with Gasteiger partial charge in [-0.15, -0.1) is 0 Å². The standard InChI is InChI=1S/C10H8IN3OS/c11-7-5-6(12)1-2-8(7)16-10-13-4-3-9(15)14-10/h1-5H,12H2,(H,13,14,15). The zero-order valence-corrected chi connectivity index (χ0v) is 11.1. The first-order chi connectivity index (χ1) is 7.65. The summed E-state index contributed by atoms with van der Waals surface area (Å²) in [5.74, 6) is 0. The molecule has 0 spiro atoms. The molecule has 0 atom stereocenters. The number of hydrogen-bond acceptors (Lipinski definition) is 4. The number of nitrogens with one attached hydrogen (secondary N) is 1. The summed E-state index contributed by atoms with van der Waals surface area (Å²) in [4.78, 5) is 18.8. The largest absolute Gasteiger partial charge is 0.399 e. The van der Waals surface area contributed by atoms with Gasteiger partial charge in [0.1, 0.15) is 0 Å². The maximum Gasteiger partial charge on any atom is 0.251 e. The Bertz CT molecular complexity index is 570. The van der Waals surface area contributed by atoms with E-state index in [9.17, 15) is 4.79 Å². The monoisotopic (exact) mass is 345 g/mol. The zero-order valence-electron chi connectivity index (χ0n) is 8.11. The molecule has 0 saturated heterocycles. The topological polar surface area (TPSA) is 71.8 Å². The van der Waals surface area contributed by atoms with Crippen molar-refractivity contribution in [3.8, 4) is 0 Å². The van der Waals surface area contributed by atoms with Gasteiger partial charge in [-0.3, -0.25) is 4.79 Å². The van der Waals surface area contributed by atoms with Crippen LogP contribution in [0.4, 0.5) is 5.69 Å². The van der Waals surface area contributed by atoms with Crippen LogP contribution in [0.25, 0.3) is 0 Å². The number of aromatic nitrogens is 2. The minimum absolute atomic E-state index is 0.150. The van der Waals surface area contributed by atoms with E-state index in [-0.39, 0.29) is 5.56 Å². The van der Waals surface area contributed by atoms with Crippen molar-refractivity contribution < 1.29 is 0 Å². The van der Waals surface area contributed by atoms with Crippen LogP contribution in [-0.4, -0.2) is 9.97 Å². The highest BCUT2D eigenvalue weighted by Crippen LogP contribution is 2.29. The minimum Gasteiger partial charge on any atom is -0.399 e. The van der Waals surface area contributed by atoms with E-state index in [2.05, 4.69) is 32.6 Å². The molecule has 0 aliphatic heterocycles. The molecule has 4 nitrogen and oxygen atoms in total. The number of aromatic amines is 1. The Morgan fingerprint density at radius 1 is 1.38 bits per heavy atom. The van der Waals surface area contributed by atoms with Crippen molar-refractivity contribution in [1.29, 1.82) is 0 Å². The fraction of sp³-hybridized carbons (Fsp3) is 0. The number of H-pyrrole nitrogens is 1. The van der Waals surface area contributed by atoms with Crippen LogP contribution in [0.1, 0.15) is 0 Å². The van der Waals surface area contributed by atoms with Crippen molar-refractivity contribution >= 4 is 40.0 Å². The Morgan fingerprint density at radius 3 is 2.88 bits per heavy atom. The highest BCUT2D eigenvalue weighted by molar-refractivity contribution is 14.1. The van der Waals surface area contributed by atoms with Gasteiger partial charge in [0.2, 0.25) is 0 Å². The average molecular weight is 345 g/mol. The first-order valence-corrected chi connectivity index (χ1v) is 6.33. The molecule has 16 heavy (non-hydrogen) atoms. The smallest absolute Gasteiger partial charge is 0.251 e. The average Bonchev–Trinajstić information content (AvgIpc) is 2.22. The second kappa shape index (κ2) is 4.88. The number of halogens is 1. The number of nitrogens with two attached hydrogens (primary N) is 1. The molecule has 0 bridgehead atoms. The van der Waals surface area contributed by atoms with Crippen molar-refractivity contribution in [2.24, 2.45) is 0 Å². The van der Waals surface area contributed by atoms with Gasteiger partial charge < -0.3 is 10.7 Å². The van der Waals surface area contributed by atoms with Crippen molar-refractivity contribution in [3.63, 3.8) is 0 Å². The Labute approximate surface area is 110 Å². The third-order valence-corrected chi connectivity index (χ3v) is 4.05. The quantitative estimate of drug-likeness (QED) is 0.497. The zero-order chi connectivity index (χ0) is 11.5. The van der Waals surface area contributed by atoms with E-state index in [0.717, 1.165) is 14.2 Å². The number of hydrogen-bond donors (Lipinski definition) is 2. The molecular weight excluding hydrogens is 337 g/mol. The fourth-order valence-electron chi connectivity index (χ4n) is 1.11. The molecule has 0 unspecified atom stereocenters. The Kier molecular flexibility index (Phi) is 3.49. The molecule has 3 N–H and O–H groups in total. The van der Waals surface area contributed by atoms with Gasteiger partial charge in [0.05, 0.1) is 0 Å². The molecule has 0 radical (unpaired) electrons.